The number of benzene rings is 1. The highest BCUT2D eigenvalue weighted by Gasteiger charge is 2.35. The van der Waals surface area contributed by atoms with Crippen LogP contribution in [0.5, 0.6) is 0 Å². The van der Waals surface area contributed by atoms with Gasteiger partial charge in [0.05, 0.1) is 5.54 Å². The van der Waals surface area contributed by atoms with Crippen molar-refractivity contribution in [3.63, 3.8) is 0 Å². The lowest BCUT2D eigenvalue weighted by Crippen LogP contribution is -2.58. The fraction of sp³-hybridized carbons (Fsp3) is 0.562. The summed E-state index contributed by atoms with van der Waals surface area (Å²) in [4.78, 5) is 15.0. The maximum absolute atomic E-state index is 12.7. The third-order valence-corrected chi connectivity index (χ3v) is 4.66. The van der Waals surface area contributed by atoms with Crippen LogP contribution in [0.2, 0.25) is 0 Å². The van der Waals surface area contributed by atoms with E-state index in [1.165, 1.54) is 0 Å². The van der Waals surface area contributed by atoms with Gasteiger partial charge in [0.2, 0.25) is 5.91 Å². The van der Waals surface area contributed by atoms with Crippen LogP contribution in [-0.2, 0) is 4.79 Å². The Morgan fingerprint density at radius 1 is 1.24 bits per heavy atom. The van der Waals surface area contributed by atoms with E-state index in [9.17, 15) is 4.79 Å². The van der Waals surface area contributed by atoms with Crippen LogP contribution in [0.1, 0.15) is 25.0 Å². The van der Waals surface area contributed by atoms with Crippen molar-refractivity contribution in [2.24, 2.45) is 0 Å². The third kappa shape index (κ3) is 3.65. The zero-order valence-corrected chi connectivity index (χ0v) is 14.8. The second-order valence-electron chi connectivity index (χ2n) is 6.16. The Kier molecular flexibility index (Phi) is 5.07. The topological polar surface area (TPSA) is 44.4 Å². The number of rotatable bonds is 3. The average Bonchev–Trinajstić information content (AvgIpc) is 2.43. The van der Waals surface area contributed by atoms with Gasteiger partial charge >= 0.3 is 0 Å². The number of carbonyl (C=O) groups is 1. The van der Waals surface area contributed by atoms with E-state index in [1.807, 2.05) is 39.8 Å². The molecule has 1 aliphatic heterocycles. The lowest BCUT2D eigenvalue weighted by atomic mass is 9.99. The fourth-order valence-corrected chi connectivity index (χ4v) is 3.43. The summed E-state index contributed by atoms with van der Waals surface area (Å²) >= 11 is 3.49. The monoisotopic (exact) mass is 353 g/mol. The molecule has 0 radical (unpaired) electrons. The van der Waals surface area contributed by atoms with E-state index in [-0.39, 0.29) is 5.91 Å². The molecule has 1 amide bonds. The summed E-state index contributed by atoms with van der Waals surface area (Å²) < 4.78 is 1.04. The minimum Gasteiger partial charge on any atom is -0.324 e. The Balaban J connectivity index is 2.17. The van der Waals surface area contributed by atoms with Gasteiger partial charge < -0.3 is 10.6 Å². The highest BCUT2D eigenvalue weighted by atomic mass is 79.9. The number of hydrogen-bond acceptors (Lipinski definition) is 3. The molecule has 2 N–H and O–H groups in total. The van der Waals surface area contributed by atoms with Crippen molar-refractivity contribution in [2.75, 3.05) is 31.5 Å². The van der Waals surface area contributed by atoms with Crippen molar-refractivity contribution >= 4 is 27.5 Å². The molecule has 1 aromatic carbocycles. The molecule has 0 spiro atoms. The van der Waals surface area contributed by atoms with E-state index < -0.39 is 5.54 Å². The summed E-state index contributed by atoms with van der Waals surface area (Å²) in [5.74, 6) is 0.0536. The molecule has 2 rings (SSSR count). The van der Waals surface area contributed by atoms with Crippen LogP contribution < -0.4 is 10.6 Å². The molecule has 5 heteroatoms. The summed E-state index contributed by atoms with van der Waals surface area (Å²) in [6.07, 6.45) is 0. The lowest BCUT2D eigenvalue weighted by molar-refractivity contribution is -0.126. The zero-order valence-electron chi connectivity index (χ0n) is 13.2. The van der Waals surface area contributed by atoms with E-state index in [2.05, 4.69) is 31.5 Å². The van der Waals surface area contributed by atoms with Gasteiger partial charge in [0.25, 0.3) is 0 Å². The second kappa shape index (κ2) is 6.46. The quantitative estimate of drug-likeness (QED) is 0.877. The van der Waals surface area contributed by atoms with Crippen LogP contribution in [0.15, 0.2) is 16.6 Å². The molecule has 1 aliphatic rings. The van der Waals surface area contributed by atoms with Crippen molar-refractivity contribution in [3.05, 3.63) is 27.7 Å². The number of hydrogen-bond donors (Lipinski definition) is 2. The van der Waals surface area contributed by atoms with Crippen molar-refractivity contribution in [1.82, 2.24) is 10.2 Å². The van der Waals surface area contributed by atoms with Crippen LogP contribution in [0, 0.1) is 13.8 Å². The fourth-order valence-electron chi connectivity index (χ4n) is 2.74. The van der Waals surface area contributed by atoms with Crippen LogP contribution in [0.25, 0.3) is 0 Å². The Labute approximate surface area is 135 Å². The normalized spacial score (nSPS) is 16.8. The van der Waals surface area contributed by atoms with Gasteiger partial charge in [-0.2, -0.15) is 0 Å². The molecule has 21 heavy (non-hydrogen) atoms. The maximum Gasteiger partial charge on any atom is 0.244 e. The number of aryl methyl sites for hydroxylation is 2. The van der Waals surface area contributed by atoms with Gasteiger partial charge in [-0.1, -0.05) is 15.9 Å². The predicted molar refractivity (Wildman–Crippen MR) is 90.8 cm³/mol. The Morgan fingerprint density at radius 2 is 1.76 bits per heavy atom. The van der Waals surface area contributed by atoms with E-state index in [0.717, 1.165) is 47.5 Å². The van der Waals surface area contributed by atoms with E-state index in [1.54, 1.807) is 0 Å². The molecule has 1 fully saturated rings. The van der Waals surface area contributed by atoms with Crippen molar-refractivity contribution in [3.8, 4) is 0 Å². The molecule has 116 valence electrons. The standard InChI is InChI=1S/C16H24BrN3O/c1-11-9-13(17)10-12(2)14(11)19-15(21)16(3,4)20-7-5-18-6-8-20/h9-10,18H,5-8H2,1-4H3,(H,19,21). The smallest absolute Gasteiger partial charge is 0.244 e. The molecule has 1 aromatic rings. The van der Waals surface area contributed by atoms with Gasteiger partial charge in [0.1, 0.15) is 0 Å². The molecular weight excluding hydrogens is 330 g/mol. The Morgan fingerprint density at radius 3 is 2.29 bits per heavy atom. The Bertz CT molecular complexity index is 513. The highest BCUT2D eigenvalue weighted by Crippen LogP contribution is 2.27. The molecule has 4 nitrogen and oxygen atoms in total. The van der Waals surface area contributed by atoms with Gasteiger partial charge in [0, 0.05) is 36.3 Å². The highest BCUT2D eigenvalue weighted by molar-refractivity contribution is 9.10. The number of amides is 1. The number of nitrogens with one attached hydrogen (secondary N) is 2. The number of nitrogens with zero attached hydrogens (tertiary/aromatic N) is 1. The van der Waals surface area contributed by atoms with Crippen LogP contribution >= 0.6 is 15.9 Å². The molecular formula is C16H24BrN3O. The molecule has 0 unspecified atom stereocenters. The third-order valence-electron chi connectivity index (χ3n) is 4.20. The molecule has 0 saturated carbocycles. The average molecular weight is 354 g/mol. The molecule has 1 heterocycles. The minimum absolute atomic E-state index is 0.0536. The largest absolute Gasteiger partial charge is 0.324 e. The van der Waals surface area contributed by atoms with Crippen LogP contribution in [0.3, 0.4) is 0 Å². The van der Waals surface area contributed by atoms with Gasteiger partial charge in [-0.25, -0.2) is 0 Å². The summed E-state index contributed by atoms with van der Waals surface area (Å²) in [6.45, 7) is 11.7. The number of carbonyl (C=O) groups excluding carboxylic acids is 1. The first kappa shape index (κ1) is 16.5. The first-order chi connectivity index (χ1) is 9.82. The second-order valence-corrected chi connectivity index (χ2v) is 7.08. The summed E-state index contributed by atoms with van der Waals surface area (Å²) in [7, 11) is 0. The molecule has 1 saturated heterocycles. The lowest BCUT2D eigenvalue weighted by Gasteiger charge is -2.40. The van der Waals surface area contributed by atoms with Gasteiger partial charge in [-0.15, -0.1) is 0 Å². The number of anilines is 1. The van der Waals surface area contributed by atoms with Crippen LogP contribution in [-0.4, -0.2) is 42.5 Å². The van der Waals surface area contributed by atoms with Crippen molar-refractivity contribution in [2.45, 2.75) is 33.2 Å². The Hall–Kier alpha value is -0.910. The number of piperazine rings is 1. The zero-order chi connectivity index (χ0) is 15.6. The number of halogens is 1. The SMILES string of the molecule is Cc1cc(Br)cc(C)c1NC(=O)C(C)(C)N1CCNCC1. The first-order valence-corrected chi connectivity index (χ1v) is 8.15. The summed E-state index contributed by atoms with van der Waals surface area (Å²) in [6, 6.07) is 4.06. The minimum atomic E-state index is -0.506. The van der Waals surface area contributed by atoms with E-state index in [4.69, 9.17) is 0 Å². The molecule has 0 atom stereocenters. The summed E-state index contributed by atoms with van der Waals surface area (Å²) in [5, 5.41) is 6.44. The summed E-state index contributed by atoms with van der Waals surface area (Å²) in [5.41, 5.74) is 2.57. The van der Waals surface area contributed by atoms with Gasteiger partial charge in [0.15, 0.2) is 0 Å². The molecule has 0 aliphatic carbocycles. The predicted octanol–water partition coefficient (Wildman–Crippen LogP) is 2.69. The van der Waals surface area contributed by atoms with Gasteiger partial charge in [-0.05, 0) is 51.0 Å². The first-order valence-electron chi connectivity index (χ1n) is 7.36. The van der Waals surface area contributed by atoms with Crippen molar-refractivity contribution < 1.29 is 4.79 Å². The molecule has 0 bridgehead atoms. The van der Waals surface area contributed by atoms with Gasteiger partial charge in [-0.3, -0.25) is 9.69 Å². The van der Waals surface area contributed by atoms with Crippen molar-refractivity contribution in [1.29, 1.82) is 0 Å². The van der Waals surface area contributed by atoms with Crippen LogP contribution in [0.4, 0.5) is 5.69 Å². The molecule has 0 aromatic heterocycles. The van der Waals surface area contributed by atoms with E-state index in [0.29, 0.717) is 0 Å². The maximum atomic E-state index is 12.7. The van der Waals surface area contributed by atoms with E-state index >= 15 is 0 Å².